The fraction of sp³-hybridized carbons (Fsp3) is 1.00. The second-order valence-corrected chi connectivity index (χ2v) is 4.39. The highest BCUT2D eigenvalue weighted by Gasteiger charge is 2.24. The van der Waals surface area contributed by atoms with E-state index in [1.54, 1.807) is 0 Å². The van der Waals surface area contributed by atoms with Crippen molar-refractivity contribution in [3.05, 3.63) is 0 Å². The van der Waals surface area contributed by atoms with Crippen LogP contribution in [-0.4, -0.2) is 36.7 Å². The van der Waals surface area contributed by atoms with E-state index in [2.05, 4.69) is 38.0 Å². The fourth-order valence-corrected chi connectivity index (χ4v) is 1.70. The molecule has 2 heteroatoms. The summed E-state index contributed by atoms with van der Waals surface area (Å²) in [6.07, 6.45) is 4.20. The van der Waals surface area contributed by atoms with Crippen LogP contribution >= 0.6 is 0 Å². The highest BCUT2D eigenvalue weighted by Crippen LogP contribution is 2.24. The summed E-state index contributed by atoms with van der Waals surface area (Å²) < 4.78 is 0. The van der Waals surface area contributed by atoms with Gasteiger partial charge in [-0.2, -0.15) is 0 Å². The summed E-state index contributed by atoms with van der Waals surface area (Å²) in [6.45, 7) is 5.71. The summed E-state index contributed by atoms with van der Waals surface area (Å²) in [5.74, 6) is 0.762. The van der Waals surface area contributed by atoms with Crippen LogP contribution in [0.3, 0.4) is 0 Å². The largest absolute Gasteiger partial charge is 0.245 e. The molecule has 0 amide bonds. The molecule has 0 radical (unpaired) electrons. The third-order valence-electron chi connectivity index (χ3n) is 2.77. The molecular weight excluding hydrogens is 148 g/mol. The van der Waals surface area contributed by atoms with Crippen LogP contribution in [0.5, 0.6) is 0 Å². The molecule has 0 N–H and O–H groups in total. The molecule has 0 saturated heterocycles. The van der Waals surface area contributed by atoms with Gasteiger partial charge in [-0.05, 0) is 18.8 Å². The molecular formula is C10H22N2. The molecule has 0 aromatic carbocycles. The van der Waals surface area contributed by atoms with Gasteiger partial charge < -0.3 is 0 Å². The maximum atomic E-state index is 2.41. The average molecular weight is 170 g/mol. The normalized spacial score (nSPS) is 19.2. The highest BCUT2D eigenvalue weighted by molar-refractivity contribution is 4.76. The van der Waals surface area contributed by atoms with Crippen LogP contribution in [0.1, 0.15) is 33.1 Å². The Bertz CT molecular complexity index is 130. The van der Waals surface area contributed by atoms with Crippen LogP contribution in [0.15, 0.2) is 0 Å². The van der Waals surface area contributed by atoms with Crippen molar-refractivity contribution >= 4 is 0 Å². The zero-order valence-corrected chi connectivity index (χ0v) is 8.88. The van der Waals surface area contributed by atoms with Gasteiger partial charge in [-0.1, -0.05) is 20.3 Å². The molecule has 1 aliphatic carbocycles. The monoisotopic (exact) mass is 170 g/mol. The first kappa shape index (κ1) is 10.0. The van der Waals surface area contributed by atoms with Gasteiger partial charge in [-0.15, -0.1) is 0 Å². The van der Waals surface area contributed by atoms with Crippen molar-refractivity contribution < 1.29 is 0 Å². The Morgan fingerprint density at radius 1 is 1.25 bits per heavy atom. The Balaban J connectivity index is 2.24. The Hall–Kier alpha value is -0.0800. The van der Waals surface area contributed by atoms with Crippen molar-refractivity contribution in [3.63, 3.8) is 0 Å². The minimum absolute atomic E-state index is 0.762. The van der Waals surface area contributed by atoms with E-state index < -0.39 is 0 Å². The number of hydrogen-bond donors (Lipinski definition) is 0. The van der Waals surface area contributed by atoms with E-state index >= 15 is 0 Å². The third kappa shape index (κ3) is 2.46. The van der Waals surface area contributed by atoms with E-state index in [-0.39, 0.29) is 0 Å². The maximum Gasteiger partial charge on any atom is 0.0242 e. The van der Waals surface area contributed by atoms with Gasteiger partial charge in [0.05, 0.1) is 0 Å². The summed E-state index contributed by atoms with van der Waals surface area (Å²) in [4.78, 5) is 0. The molecule has 0 unspecified atom stereocenters. The molecule has 1 rings (SSSR count). The maximum absolute atomic E-state index is 2.41. The zero-order chi connectivity index (χ0) is 9.14. The molecule has 0 aliphatic heterocycles. The SMILES string of the molecule is CC(C)CN(C)N(C)C1CCC1. The van der Waals surface area contributed by atoms with Crippen molar-refractivity contribution in [3.8, 4) is 0 Å². The van der Waals surface area contributed by atoms with E-state index in [1.807, 2.05) is 0 Å². The van der Waals surface area contributed by atoms with Crippen LogP contribution < -0.4 is 0 Å². The van der Waals surface area contributed by atoms with E-state index in [0.717, 1.165) is 12.0 Å². The van der Waals surface area contributed by atoms with Gasteiger partial charge in [-0.25, -0.2) is 10.0 Å². The highest BCUT2D eigenvalue weighted by atomic mass is 15.6. The Kier molecular flexibility index (Phi) is 3.53. The van der Waals surface area contributed by atoms with Crippen LogP contribution in [0.4, 0.5) is 0 Å². The van der Waals surface area contributed by atoms with Gasteiger partial charge in [0.2, 0.25) is 0 Å². The Morgan fingerprint density at radius 3 is 2.17 bits per heavy atom. The smallest absolute Gasteiger partial charge is 0.0242 e. The minimum Gasteiger partial charge on any atom is -0.245 e. The predicted molar refractivity (Wildman–Crippen MR) is 52.9 cm³/mol. The third-order valence-corrected chi connectivity index (χ3v) is 2.77. The number of hydrazine groups is 1. The zero-order valence-electron chi connectivity index (χ0n) is 8.88. The van der Waals surface area contributed by atoms with Crippen LogP contribution in [0.2, 0.25) is 0 Å². The lowest BCUT2D eigenvalue weighted by molar-refractivity contribution is -0.0484. The van der Waals surface area contributed by atoms with Crippen molar-refractivity contribution in [2.45, 2.75) is 39.2 Å². The summed E-state index contributed by atoms with van der Waals surface area (Å²) in [6, 6.07) is 0.828. The van der Waals surface area contributed by atoms with E-state index in [1.165, 1.54) is 25.8 Å². The van der Waals surface area contributed by atoms with Crippen molar-refractivity contribution in [1.29, 1.82) is 0 Å². The molecule has 1 fully saturated rings. The van der Waals surface area contributed by atoms with Crippen LogP contribution in [-0.2, 0) is 0 Å². The van der Waals surface area contributed by atoms with Crippen LogP contribution in [0, 0.1) is 5.92 Å². The first-order valence-electron chi connectivity index (χ1n) is 5.05. The average Bonchev–Trinajstić information content (AvgIpc) is 1.81. The molecule has 0 aromatic rings. The summed E-state index contributed by atoms with van der Waals surface area (Å²) in [7, 11) is 4.41. The van der Waals surface area contributed by atoms with Gasteiger partial charge in [0.1, 0.15) is 0 Å². The van der Waals surface area contributed by atoms with Gasteiger partial charge in [0.15, 0.2) is 0 Å². The topological polar surface area (TPSA) is 6.48 Å². The van der Waals surface area contributed by atoms with Crippen molar-refractivity contribution in [2.75, 3.05) is 20.6 Å². The molecule has 0 spiro atoms. The quantitative estimate of drug-likeness (QED) is 0.595. The minimum atomic E-state index is 0.762. The number of nitrogens with zero attached hydrogens (tertiary/aromatic N) is 2. The molecule has 0 bridgehead atoms. The first-order chi connectivity index (χ1) is 5.61. The van der Waals surface area contributed by atoms with Gasteiger partial charge in [0, 0.05) is 26.7 Å². The lowest BCUT2D eigenvalue weighted by Crippen LogP contribution is -2.48. The molecule has 12 heavy (non-hydrogen) atoms. The molecule has 0 heterocycles. The second kappa shape index (κ2) is 4.24. The Morgan fingerprint density at radius 2 is 1.83 bits per heavy atom. The van der Waals surface area contributed by atoms with Crippen LogP contribution in [0.25, 0.3) is 0 Å². The number of hydrogen-bond acceptors (Lipinski definition) is 2. The first-order valence-corrected chi connectivity index (χ1v) is 5.05. The summed E-state index contributed by atoms with van der Waals surface area (Å²) >= 11 is 0. The fourth-order valence-electron chi connectivity index (χ4n) is 1.70. The molecule has 0 atom stereocenters. The summed E-state index contributed by atoms with van der Waals surface area (Å²) in [5, 5.41) is 4.76. The van der Waals surface area contributed by atoms with Crippen molar-refractivity contribution in [2.24, 2.45) is 5.92 Å². The number of rotatable bonds is 4. The lowest BCUT2D eigenvalue weighted by atomic mass is 9.93. The molecule has 72 valence electrons. The molecule has 1 aliphatic rings. The standard InChI is InChI=1S/C10H22N2/c1-9(2)8-11(3)12(4)10-6-5-7-10/h9-10H,5-8H2,1-4H3. The van der Waals surface area contributed by atoms with Crippen molar-refractivity contribution in [1.82, 2.24) is 10.0 Å². The summed E-state index contributed by atoms with van der Waals surface area (Å²) in [5.41, 5.74) is 0. The van der Waals surface area contributed by atoms with Gasteiger partial charge in [-0.3, -0.25) is 0 Å². The van der Waals surface area contributed by atoms with Gasteiger partial charge in [0.25, 0.3) is 0 Å². The van der Waals surface area contributed by atoms with Gasteiger partial charge >= 0.3 is 0 Å². The lowest BCUT2D eigenvalue weighted by Gasteiger charge is -2.40. The Labute approximate surface area is 76.5 Å². The predicted octanol–water partition coefficient (Wildman–Crippen LogP) is 1.97. The molecule has 1 saturated carbocycles. The van der Waals surface area contributed by atoms with E-state index in [4.69, 9.17) is 0 Å². The molecule has 2 nitrogen and oxygen atoms in total. The second-order valence-electron chi connectivity index (χ2n) is 4.39. The van der Waals surface area contributed by atoms with E-state index in [0.29, 0.717) is 0 Å². The molecule has 0 aromatic heterocycles. The van der Waals surface area contributed by atoms with E-state index in [9.17, 15) is 0 Å².